The van der Waals surface area contributed by atoms with E-state index in [-0.39, 0.29) is 6.04 Å². The summed E-state index contributed by atoms with van der Waals surface area (Å²) >= 11 is 0. The number of hydrogen-bond acceptors (Lipinski definition) is 4. The van der Waals surface area contributed by atoms with Crippen molar-refractivity contribution in [2.45, 2.75) is 31.7 Å². The van der Waals surface area contributed by atoms with Crippen LogP contribution in [0.1, 0.15) is 25.7 Å². The highest BCUT2D eigenvalue weighted by Crippen LogP contribution is 2.20. The van der Waals surface area contributed by atoms with Gasteiger partial charge in [0.1, 0.15) is 5.78 Å². The van der Waals surface area contributed by atoms with E-state index < -0.39 is 9.84 Å². The lowest BCUT2D eigenvalue weighted by Gasteiger charge is -2.35. The third-order valence-electron chi connectivity index (χ3n) is 3.31. The second-order valence-corrected chi connectivity index (χ2v) is 6.71. The number of carbonyl (C=O) groups is 1. The summed E-state index contributed by atoms with van der Waals surface area (Å²) in [4.78, 5) is 13.3. The van der Waals surface area contributed by atoms with Gasteiger partial charge in [-0.1, -0.05) is 0 Å². The minimum atomic E-state index is -2.82. The zero-order valence-corrected chi connectivity index (χ0v) is 9.63. The van der Waals surface area contributed by atoms with E-state index in [1.165, 1.54) is 0 Å². The highest BCUT2D eigenvalue weighted by Gasteiger charge is 2.30. The molecule has 1 atom stereocenters. The van der Waals surface area contributed by atoms with E-state index in [0.29, 0.717) is 30.1 Å². The Morgan fingerprint density at radius 3 is 2.47 bits per heavy atom. The number of likely N-dealkylation sites (tertiary alicyclic amines) is 1. The molecule has 0 aromatic carbocycles. The van der Waals surface area contributed by atoms with Crippen LogP contribution in [0, 0.1) is 0 Å². The molecule has 0 aromatic rings. The van der Waals surface area contributed by atoms with Crippen LogP contribution >= 0.6 is 0 Å². The summed E-state index contributed by atoms with van der Waals surface area (Å²) in [6.07, 6.45) is 2.93. The Balaban J connectivity index is 1.96. The van der Waals surface area contributed by atoms with Crippen molar-refractivity contribution in [2.24, 2.45) is 0 Å². The van der Waals surface area contributed by atoms with Crippen LogP contribution in [0.15, 0.2) is 0 Å². The van der Waals surface area contributed by atoms with E-state index in [2.05, 4.69) is 4.90 Å². The van der Waals surface area contributed by atoms with E-state index in [4.69, 9.17) is 0 Å². The number of rotatable bonds is 1. The molecule has 0 saturated carbocycles. The summed E-state index contributed by atoms with van der Waals surface area (Å²) < 4.78 is 22.9. The molecular formula is C10H17NO3S. The minimum absolute atomic E-state index is 0.164. The average molecular weight is 231 g/mol. The molecule has 2 fully saturated rings. The molecule has 4 nitrogen and oxygen atoms in total. The number of sulfone groups is 1. The smallest absolute Gasteiger partial charge is 0.151 e. The quantitative estimate of drug-likeness (QED) is 0.648. The predicted molar refractivity (Wildman–Crippen MR) is 57.5 cm³/mol. The molecule has 0 N–H and O–H groups in total. The Hall–Kier alpha value is -0.420. The molecule has 15 heavy (non-hydrogen) atoms. The molecule has 0 amide bonds. The fraction of sp³-hybridized carbons (Fsp3) is 0.900. The van der Waals surface area contributed by atoms with Crippen molar-refractivity contribution in [1.29, 1.82) is 0 Å². The predicted octanol–water partition coefficient (Wildman–Crippen LogP) is 0.229. The topological polar surface area (TPSA) is 54.5 Å². The van der Waals surface area contributed by atoms with Crippen LogP contribution in [0.4, 0.5) is 0 Å². The third kappa shape index (κ3) is 2.78. The lowest BCUT2D eigenvalue weighted by atomic mass is 10.1. The highest BCUT2D eigenvalue weighted by atomic mass is 32.2. The zero-order valence-electron chi connectivity index (χ0n) is 8.81. The molecular weight excluding hydrogens is 214 g/mol. The molecule has 5 heteroatoms. The largest absolute Gasteiger partial charge is 0.300 e. The zero-order chi connectivity index (χ0) is 10.9. The van der Waals surface area contributed by atoms with Crippen LogP contribution in [-0.2, 0) is 14.6 Å². The van der Waals surface area contributed by atoms with Gasteiger partial charge in [-0.3, -0.25) is 9.69 Å². The molecule has 0 aliphatic carbocycles. The number of nitrogens with zero attached hydrogens (tertiary/aromatic N) is 1. The second kappa shape index (κ2) is 4.22. The lowest BCUT2D eigenvalue weighted by molar-refractivity contribution is -0.121. The van der Waals surface area contributed by atoms with E-state index in [9.17, 15) is 13.2 Å². The van der Waals surface area contributed by atoms with E-state index in [1.807, 2.05) is 0 Å². The first-order chi connectivity index (χ1) is 7.07. The minimum Gasteiger partial charge on any atom is -0.300 e. The third-order valence-corrected chi connectivity index (χ3v) is 5.11. The molecule has 86 valence electrons. The molecule has 0 spiro atoms. The molecule has 2 saturated heterocycles. The van der Waals surface area contributed by atoms with Crippen molar-refractivity contribution in [1.82, 2.24) is 4.90 Å². The first-order valence-electron chi connectivity index (χ1n) is 5.53. The summed E-state index contributed by atoms with van der Waals surface area (Å²) in [5.41, 5.74) is 0. The highest BCUT2D eigenvalue weighted by molar-refractivity contribution is 7.91. The number of hydrogen-bond donors (Lipinski definition) is 0. The average Bonchev–Trinajstić information content (AvgIpc) is 2.17. The first-order valence-corrected chi connectivity index (χ1v) is 7.35. The van der Waals surface area contributed by atoms with Gasteiger partial charge in [-0.2, -0.15) is 0 Å². The second-order valence-electron chi connectivity index (χ2n) is 4.49. The van der Waals surface area contributed by atoms with Gasteiger partial charge in [-0.25, -0.2) is 8.42 Å². The molecule has 0 aromatic heterocycles. The first kappa shape index (κ1) is 11.1. The Morgan fingerprint density at radius 2 is 1.87 bits per heavy atom. The maximum Gasteiger partial charge on any atom is 0.151 e. The van der Waals surface area contributed by atoms with E-state index >= 15 is 0 Å². The Kier molecular flexibility index (Phi) is 3.11. The van der Waals surface area contributed by atoms with Gasteiger partial charge in [-0.15, -0.1) is 0 Å². The summed E-state index contributed by atoms with van der Waals surface area (Å²) in [7, 11) is -2.82. The van der Waals surface area contributed by atoms with Crippen LogP contribution < -0.4 is 0 Å². The normalized spacial score (nSPS) is 32.8. The summed E-state index contributed by atoms with van der Waals surface area (Å²) in [5.74, 6) is 0.946. The van der Waals surface area contributed by atoms with Crippen molar-refractivity contribution >= 4 is 15.6 Å². The van der Waals surface area contributed by atoms with Gasteiger partial charge in [0.05, 0.1) is 11.5 Å². The number of carbonyl (C=O) groups excluding carboxylic acids is 1. The van der Waals surface area contributed by atoms with Gasteiger partial charge in [0.25, 0.3) is 0 Å². The standard InChI is InChI=1S/C10H17NO3S/c12-10-3-5-11(6-4-10)9-2-1-7-15(13,14)8-9/h9H,1-8H2. The molecule has 0 bridgehead atoms. The van der Waals surface area contributed by atoms with Crippen LogP contribution in [0.25, 0.3) is 0 Å². The lowest BCUT2D eigenvalue weighted by Crippen LogP contribution is -2.47. The van der Waals surface area contributed by atoms with Crippen molar-refractivity contribution in [3.8, 4) is 0 Å². The van der Waals surface area contributed by atoms with Gasteiger partial charge < -0.3 is 0 Å². The van der Waals surface area contributed by atoms with Gasteiger partial charge in [0.2, 0.25) is 0 Å². The van der Waals surface area contributed by atoms with Crippen LogP contribution in [-0.4, -0.2) is 49.7 Å². The van der Waals surface area contributed by atoms with Gasteiger partial charge in [0.15, 0.2) is 9.84 Å². The van der Waals surface area contributed by atoms with E-state index in [1.54, 1.807) is 0 Å². The van der Waals surface area contributed by atoms with Crippen molar-refractivity contribution in [3.05, 3.63) is 0 Å². The molecule has 2 rings (SSSR count). The van der Waals surface area contributed by atoms with Crippen LogP contribution in [0.2, 0.25) is 0 Å². The van der Waals surface area contributed by atoms with Crippen molar-refractivity contribution in [2.75, 3.05) is 24.6 Å². The molecule has 2 aliphatic rings. The van der Waals surface area contributed by atoms with Gasteiger partial charge in [0, 0.05) is 32.0 Å². The van der Waals surface area contributed by atoms with Gasteiger partial charge >= 0.3 is 0 Å². The Morgan fingerprint density at radius 1 is 1.20 bits per heavy atom. The number of ketones is 1. The Labute approximate surface area is 90.6 Å². The van der Waals surface area contributed by atoms with Gasteiger partial charge in [-0.05, 0) is 12.8 Å². The van der Waals surface area contributed by atoms with Crippen LogP contribution in [0.3, 0.4) is 0 Å². The molecule has 0 radical (unpaired) electrons. The monoisotopic (exact) mass is 231 g/mol. The summed E-state index contributed by atoms with van der Waals surface area (Å²) in [5, 5.41) is 0. The van der Waals surface area contributed by atoms with Crippen LogP contribution in [0.5, 0.6) is 0 Å². The summed E-state index contributed by atoms with van der Waals surface area (Å²) in [6.45, 7) is 1.50. The fourth-order valence-corrected chi connectivity index (χ4v) is 4.16. The van der Waals surface area contributed by atoms with E-state index in [0.717, 1.165) is 25.9 Å². The molecule has 2 aliphatic heterocycles. The molecule has 2 heterocycles. The van der Waals surface area contributed by atoms with Crippen molar-refractivity contribution < 1.29 is 13.2 Å². The SMILES string of the molecule is O=C1CCN(C2CCCS(=O)(=O)C2)CC1. The Bertz CT molecular complexity index is 340. The number of piperidine rings is 1. The number of Topliss-reactive ketones (excluding diaryl/α,β-unsaturated/α-hetero) is 1. The maximum atomic E-state index is 11.5. The molecule has 1 unspecified atom stereocenters. The fourth-order valence-electron chi connectivity index (χ4n) is 2.43. The van der Waals surface area contributed by atoms with Crippen molar-refractivity contribution in [3.63, 3.8) is 0 Å². The summed E-state index contributed by atoms with van der Waals surface area (Å²) in [6, 6.07) is 0.164. The maximum absolute atomic E-state index is 11.5.